The van der Waals surface area contributed by atoms with Gasteiger partial charge in [0.05, 0.1) is 13.7 Å². The molecule has 2 amide bonds. The van der Waals surface area contributed by atoms with Crippen LogP contribution in [0.1, 0.15) is 31.1 Å². The van der Waals surface area contributed by atoms with Crippen LogP contribution in [0, 0.1) is 5.41 Å². The molecule has 2 rings (SSSR count). The van der Waals surface area contributed by atoms with Gasteiger partial charge >= 0.3 is 0 Å². The second-order valence-electron chi connectivity index (χ2n) is 7.00. The normalized spacial score (nSPS) is 10.8. The van der Waals surface area contributed by atoms with E-state index in [2.05, 4.69) is 10.6 Å². The molecule has 0 aliphatic carbocycles. The third kappa shape index (κ3) is 6.07. The summed E-state index contributed by atoms with van der Waals surface area (Å²) in [6.07, 6.45) is 0. The average Bonchev–Trinajstić information content (AvgIpc) is 2.71. The number of carbonyl (C=O) groups is 3. The summed E-state index contributed by atoms with van der Waals surface area (Å²) in [5, 5.41) is 5.40. The fourth-order valence-electron chi connectivity index (χ4n) is 2.43. The van der Waals surface area contributed by atoms with Gasteiger partial charge in [0.15, 0.2) is 5.78 Å². The number of benzene rings is 2. The van der Waals surface area contributed by atoms with Crippen molar-refractivity contribution in [1.29, 1.82) is 0 Å². The van der Waals surface area contributed by atoms with Crippen LogP contribution in [-0.2, 0) is 9.59 Å². The van der Waals surface area contributed by atoms with E-state index in [0.29, 0.717) is 17.0 Å². The number of hydrogen-bond donors (Lipinski definition) is 2. The highest BCUT2D eigenvalue weighted by Crippen LogP contribution is 2.20. The quantitative estimate of drug-likeness (QED) is 0.385. The van der Waals surface area contributed by atoms with Gasteiger partial charge in [-0.05, 0) is 57.2 Å². The van der Waals surface area contributed by atoms with Gasteiger partial charge in [0.2, 0.25) is 11.8 Å². The van der Waals surface area contributed by atoms with Crippen LogP contribution >= 0.6 is 0 Å². The van der Waals surface area contributed by atoms with Crippen molar-refractivity contribution in [3.63, 3.8) is 0 Å². The van der Waals surface area contributed by atoms with Gasteiger partial charge in [-0.15, -0.1) is 0 Å². The van der Waals surface area contributed by atoms with E-state index in [9.17, 15) is 14.4 Å². The first-order chi connectivity index (χ1) is 13.7. The fourth-order valence-corrected chi connectivity index (χ4v) is 2.43. The number of anilines is 1. The number of carbonyl (C=O) groups excluding carboxylic acids is 3. The first kappa shape index (κ1) is 21.9. The lowest BCUT2D eigenvalue weighted by molar-refractivity contribution is -0.138. The molecule has 0 atom stereocenters. The molecule has 154 valence electrons. The molecule has 0 heterocycles. The first-order valence-electron chi connectivity index (χ1n) is 9.21. The molecule has 0 unspecified atom stereocenters. The SMILES string of the molecule is COc1ccc(OCCNC(=O)C(C)(C)C(=O)Nc2cccc(C(C)=O)c2)cc1. The van der Waals surface area contributed by atoms with Crippen molar-refractivity contribution in [2.24, 2.45) is 5.41 Å². The van der Waals surface area contributed by atoms with Gasteiger partial charge in [0, 0.05) is 11.3 Å². The fraction of sp³-hybridized carbons (Fsp3) is 0.318. The van der Waals surface area contributed by atoms with Crippen molar-refractivity contribution in [3.05, 3.63) is 54.1 Å². The Labute approximate surface area is 170 Å². The van der Waals surface area contributed by atoms with E-state index in [0.717, 1.165) is 5.75 Å². The second kappa shape index (κ2) is 9.73. The standard InChI is InChI=1S/C22H26N2O5/c1-15(25)16-6-5-7-17(14-16)24-21(27)22(2,3)20(26)23-12-13-29-19-10-8-18(28-4)9-11-19/h5-11,14H,12-13H2,1-4H3,(H,23,26)(H,24,27). The number of Topliss-reactive ketones (excluding diaryl/α,β-unsaturated/α-hetero) is 1. The summed E-state index contributed by atoms with van der Waals surface area (Å²) < 4.78 is 10.6. The van der Waals surface area contributed by atoms with Crippen LogP contribution in [0.5, 0.6) is 11.5 Å². The van der Waals surface area contributed by atoms with Crippen LogP contribution in [0.25, 0.3) is 0 Å². The van der Waals surface area contributed by atoms with Crippen molar-refractivity contribution in [2.45, 2.75) is 20.8 Å². The van der Waals surface area contributed by atoms with Gasteiger partial charge in [0.25, 0.3) is 0 Å². The minimum Gasteiger partial charge on any atom is -0.497 e. The van der Waals surface area contributed by atoms with Gasteiger partial charge in [-0.3, -0.25) is 14.4 Å². The Bertz CT molecular complexity index is 875. The molecule has 0 radical (unpaired) electrons. The monoisotopic (exact) mass is 398 g/mol. The van der Waals surface area contributed by atoms with E-state index < -0.39 is 17.2 Å². The molecule has 0 aliphatic rings. The third-order valence-electron chi connectivity index (χ3n) is 4.38. The van der Waals surface area contributed by atoms with E-state index >= 15 is 0 Å². The maximum Gasteiger partial charge on any atom is 0.239 e. The third-order valence-corrected chi connectivity index (χ3v) is 4.38. The summed E-state index contributed by atoms with van der Waals surface area (Å²) in [7, 11) is 1.59. The van der Waals surface area contributed by atoms with Gasteiger partial charge in [-0.2, -0.15) is 0 Å². The summed E-state index contributed by atoms with van der Waals surface area (Å²) in [5.41, 5.74) is -0.348. The maximum absolute atomic E-state index is 12.6. The Kier molecular flexibility index (Phi) is 7.36. The summed E-state index contributed by atoms with van der Waals surface area (Å²) in [4.78, 5) is 36.5. The number of hydrogen-bond acceptors (Lipinski definition) is 5. The van der Waals surface area contributed by atoms with Crippen molar-refractivity contribution >= 4 is 23.3 Å². The van der Waals surface area contributed by atoms with Gasteiger partial charge < -0.3 is 20.1 Å². The topological polar surface area (TPSA) is 93.7 Å². The van der Waals surface area contributed by atoms with Crippen LogP contribution < -0.4 is 20.1 Å². The minimum absolute atomic E-state index is 0.102. The summed E-state index contributed by atoms with van der Waals surface area (Å²) in [6.45, 7) is 5.04. The van der Waals surface area contributed by atoms with Crippen molar-refractivity contribution in [2.75, 3.05) is 25.6 Å². The number of nitrogens with one attached hydrogen (secondary N) is 2. The Morgan fingerprint density at radius 2 is 1.62 bits per heavy atom. The highest BCUT2D eigenvalue weighted by Gasteiger charge is 2.35. The van der Waals surface area contributed by atoms with Crippen molar-refractivity contribution in [1.82, 2.24) is 5.32 Å². The molecular formula is C22H26N2O5. The molecule has 7 heteroatoms. The lowest BCUT2D eigenvalue weighted by atomic mass is 9.91. The van der Waals surface area contributed by atoms with Crippen LogP contribution in [-0.4, -0.2) is 37.9 Å². The number of amides is 2. The zero-order valence-electron chi connectivity index (χ0n) is 17.1. The largest absolute Gasteiger partial charge is 0.497 e. The van der Waals surface area contributed by atoms with Crippen LogP contribution in [0.2, 0.25) is 0 Å². The number of ether oxygens (including phenoxy) is 2. The molecule has 0 bridgehead atoms. The summed E-state index contributed by atoms with van der Waals surface area (Å²) in [5.74, 6) is 0.396. The highest BCUT2D eigenvalue weighted by molar-refractivity contribution is 6.10. The van der Waals surface area contributed by atoms with E-state index in [4.69, 9.17) is 9.47 Å². The van der Waals surface area contributed by atoms with Gasteiger partial charge in [0.1, 0.15) is 23.5 Å². The van der Waals surface area contributed by atoms with Crippen molar-refractivity contribution in [3.8, 4) is 11.5 Å². The van der Waals surface area contributed by atoms with Crippen LogP contribution in [0.4, 0.5) is 5.69 Å². The van der Waals surface area contributed by atoms with Gasteiger partial charge in [-0.1, -0.05) is 12.1 Å². The molecule has 0 saturated heterocycles. The Balaban J connectivity index is 1.85. The lowest BCUT2D eigenvalue weighted by Crippen LogP contribution is -2.46. The first-order valence-corrected chi connectivity index (χ1v) is 9.21. The molecule has 29 heavy (non-hydrogen) atoms. The summed E-state index contributed by atoms with van der Waals surface area (Å²) in [6, 6.07) is 13.7. The van der Waals surface area contributed by atoms with E-state index in [1.54, 1.807) is 55.6 Å². The van der Waals surface area contributed by atoms with Crippen LogP contribution in [0.15, 0.2) is 48.5 Å². The van der Waals surface area contributed by atoms with E-state index in [1.165, 1.54) is 20.8 Å². The number of ketones is 1. The lowest BCUT2D eigenvalue weighted by Gasteiger charge is -2.23. The molecule has 0 saturated carbocycles. The highest BCUT2D eigenvalue weighted by atomic mass is 16.5. The molecule has 0 spiro atoms. The number of methoxy groups -OCH3 is 1. The predicted molar refractivity (Wildman–Crippen MR) is 110 cm³/mol. The predicted octanol–water partition coefficient (Wildman–Crippen LogP) is 3.06. The molecule has 7 nitrogen and oxygen atoms in total. The zero-order valence-corrected chi connectivity index (χ0v) is 17.1. The number of rotatable bonds is 9. The minimum atomic E-state index is -1.30. The van der Waals surface area contributed by atoms with Gasteiger partial charge in [-0.25, -0.2) is 0 Å². The molecule has 0 fully saturated rings. The Hall–Kier alpha value is -3.35. The Morgan fingerprint density at radius 1 is 0.966 bits per heavy atom. The molecular weight excluding hydrogens is 372 g/mol. The second-order valence-corrected chi connectivity index (χ2v) is 7.00. The maximum atomic E-state index is 12.6. The van der Waals surface area contributed by atoms with E-state index in [-0.39, 0.29) is 18.9 Å². The molecule has 2 N–H and O–H groups in total. The summed E-state index contributed by atoms with van der Waals surface area (Å²) >= 11 is 0. The Morgan fingerprint density at radius 3 is 2.24 bits per heavy atom. The molecule has 0 aliphatic heterocycles. The van der Waals surface area contributed by atoms with Crippen molar-refractivity contribution < 1.29 is 23.9 Å². The van der Waals surface area contributed by atoms with E-state index in [1.807, 2.05) is 0 Å². The molecule has 2 aromatic carbocycles. The zero-order chi connectivity index (χ0) is 21.4. The smallest absolute Gasteiger partial charge is 0.239 e. The average molecular weight is 398 g/mol. The molecule has 2 aromatic rings. The molecule has 0 aromatic heterocycles. The van der Waals surface area contributed by atoms with Crippen LogP contribution in [0.3, 0.4) is 0 Å².